The second-order valence-corrected chi connectivity index (χ2v) is 5.55. The third-order valence-electron chi connectivity index (χ3n) is 2.67. The SMILES string of the molecule is CCn1ncc(N)c1C(=O)Nc1ccc(Br)c(Cl)c1Cl. The summed E-state index contributed by atoms with van der Waals surface area (Å²) in [6, 6.07) is 3.35. The number of aryl methyl sites for hydroxylation is 1. The molecule has 2 rings (SSSR count). The molecule has 106 valence electrons. The van der Waals surface area contributed by atoms with E-state index in [0.717, 1.165) is 0 Å². The van der Waals surface area contributed by atoms with Crippen LogP contribution in [0.2, 0.25) is 10.0 Å². The summed E-state index contributed by atoms with van der Waals surface area (Å²) in [5.74, 6) is -0.387. The quantitative estimate of drug-likeness (QED) is 0.798. The van der Waals surface area contributed by atoms with Gasteiger partial charge in [-0.25, -0.2) is 0 Å². The van der Waals surface area contributed by atoms with E-state index in [4.69, 9.17) is 28.9 Å². The van der Waals surface area contributed by atoms with Crippen LogP contribution in [0.15, 0.2) is 22.8 Å². The Morgan fingerprint density at radius 1 is 1.45 bits per heavy atom. The number of carbonyl (C=O) groups is 1. The number of hydrogen-bond donors (Lipinski definition) is 2. The number of nitrogens with two attached hydrogens (primary N) is 1. The molecule has 8 heteroatoms. The normalized spacial score (nSPS) is 10.6. The Hall–Kier alpha value is -1.24. The summed E-state index contributed by atoms with van der Waals surface area (Å²) in [6.45, 7) is 2.40. The molecule has 0 fully saturated rings. The maximum Gasteiger partial charge on any atom is 0.276 e. The molecule has 20 heavy (non-hydrogen) atoms. The Bertz CT molecular complexity index is 672. The second-order valence-electron chi connectivity index (χ2n) is 3.94. The van der Waals surface area contributed by atoms with Crippen LogP contribution < -0.4 is 11.1 Å². The van der Waals surface area contributed by atoms with Crippen molar-refractivity contribution >= 4 is 56.4 Å². The number of anilines is 2. The van der Waals surface area contributed by atoms with Crippen molar-refractivity contribution in [2.75, 3.05) is 11.1 Å². The largest absolute Gasteiger partial charge is 0.396 e. The van der Waals surface area contributed by atoms with Gasteiger partial charge in [-0.3, -0.25) is 9.48 Å². The van der Waals surface area contributed by atoms with Crippen molar-refractivity contribution in [3.63, 3.8) is 0 Å². The summed E-state index contributed by atoms with van der Waals surface area (Å²) in [6.07, 6.45) is 1.44. The number of nitrogens with zero attached hydrogens (tertiary/aromatic N) is 2. The van der Waals surface area contributed by atoms with Crippen LogP contribution in [0.25, 0.3) is 0 Å². The molecule has 0 aliphatic rings. The van der Waals surface area contributed by atoms with Crippen LogP contribution in [0, 0.1) is 0 Å². The van der Waals surface area contributed by atoms with Crippen molar-refractivity contribution in [2.45, 2.75) is 13.5 Å². The molecule has 2 aromatic rings. The fourth-order valence-electron chi connectivity index (χ4n) is 1.69. The van der Waals surface area contributed by atoms with Crippen LogP contribution in [0.3, 0.4) is 0 Å². The maximum absolute atomic E-state index is 12.3. The fraction of sp³-hybridized carbons (Fsp3) is 0.167. The Balaban J connectivity index is 2.33. The van der Waals surface area contributed by atoms with Gasteiger partial charge in [0.05, 0.1) is 27.6 Å². The molecule has 0 saturated carbocycles. The fourth-order valence-corrected chi connectivity index (χ4v) is 2.51. The van der Waals surface area contributed by atoms with Gasteiger partial charge in [0.15, 0.2) is 0 Å². The van der Waals surface area contributed by atoms with Crippen LogP contribution in [-0.2, 0) is 6.54 Å². The summed E-state index contributed by atoms with van der Waals surface area (Å²) in [5, 5.41) is 7.29. The van der Waals surface area contributed by atoms with E-state index in [1.165, 1.54) is 10.9 Å². The zero-order chi connectivity index (χ0) is 14.9. The van der Waals surface area contributed by atoms with E-state index in [9.17, 15) is 4.79 Å². The number of nitrogen functional groups attached to an aromatic ring is 1. The highest BCUT2D eigenvalue weighted by Crippen LogP contribution is 2.36. The van der Waals surface area contributed by atoms with E-state index in [0.29, 0.717) is 33.1 Å². The van der Waals surface area contributed by atoms with Gasteiger partial charge in [0.2, 0.25) is 0 Å². The third kappa shape index (κ3) is 2.77. The van der Waals surface area contributed by atoms with E-state index < -0.39 is 0 Å². The minimum absolute atomic E-state index is 0.260. The highest BCUT2D eigenvalue weighted by atomic mass is 79.9. The van der Waals surface area contributed by atoms with Gasteiger partial charge in [0.25, 0.3) is 5.91 Å². The number of aromatic nitrogens is 2. The second kappa shape index (κ2) is 6.03. The van der Waals surface area contributed by atoms with Crippen molar-refractivity contribution < 1.29 is 4.79 Å². The van der Waals surface area contributed by atoms with Gasteiger partial charge in [-0.15, -0.1) is 0 Å². The zero-order valence-electron chi connectivity index (χ0n) is 10.5. The number of benzene rings is 1. The molecule has 0 bridgehead atoms. The van der Waals surface area contributed by atoms with Crippen molar-refractivity contribution in [2.24, 2.45) is 0 Å². The molecular formula is C12H11BrCl2N4O. The molecule has 0 radical (unpaired) electrons. The number of rotatable bonds is 3. The topological polar surface area (TPSA) is 72.9 Å². The lowest BCUT2D eigenvalue weighted by atomic mass is 10.3. The smallest absolute Gasteiger partial charge is 0.276 e. The van der Waals surface area contributed by atoms with Gasteiger partial charge < -0.3 is 11.1 Å². The van der Waals surface area contributed by atoms with E-state index in [-0.39, 0.29) is 10.9 Å². The lowest BCUT2D eigenvalue weighted by Crippen LogP contribution is -2.19. The van der Waals surface area contributed by atoms with Gasteiger partial charge in [0.1, 0.15) is 5.69 Å². The maximum atomic E-state index is 12.3. The first-order valence-corrected chi connectivity index (χ1v) is 7.26. The van der Waals surface area contributed by atoms with E-state index in [2.05, 4.69) is 26.3 Å². The Kier molecular flexibility index (Phi) is 4.57. The molecule has 0 unspecified atom stereocenters. The molecule has 3 N–H and O–H groups in total. The molecular weight excluding hydrogens is 367 g/mol. The van der Waals surface area contributed by atoms with Crippen molar-refractivity contribution in [3.8, 4) is 0 Å². The van der Waals surface area contributed by atoms with Gasteiger partial charge in [0, 0.05) is 11.0 Å². The first-order chi connectivity index (χ1) is 9.45. The van der Waals surface area contributed by atoms with Crippen LogP contribution in [0.4, 0.5) is 11.4 Å². The van der Waals surface area contributed by atoms with Crippen molar-refractivity contribution in [1.82, 2.24) is 9.78 Å². The molecule has 0 atom stereocenters. The highest BCUT2D eigenvalue weighted by Gasteiger charge is 2.18. The minimum Gasteiger partial charge on any atom is -0.396 e. The number of nitrogens with one attached hydrogen (secondary N) is 1. The molecule has 1 aromatic heterocycles. The number of hydrogen-bond acceptors (Lipinski definition) is 3. The average molecular weight is 378 g/mol. The summed E-state index contributed by atoms with van der Waals surface area (Å²) < 4.78 is 2.17. The predicted molar refractivity (Wildman–Crippen MR) is 84.4 cm³/mol. The Morgan fingerprint density at radius 2 is 2.15 bits per heavy atom. The number of carbonyl (C=O) groups excluding carboxylic acids is 1. The zero-order valence-corrected chi connectivity index (χ0v) is 13.6. The first-order valence-electron chi connectivity index (χ1n) is 5.71. The van der Waals surface area contributed by atoms with Crippen LogP contribution in [0.1, 0.15) is 17.4 Å². The Labute approximate surface area is 134 Å². The molecule has 0 saturated heterocycles. The summed E-state index contributed by atoms with van der Waals surface area (Å²) >= 11 is 15.4. The monoisotopic (exact) mass is 376 g/mol. The lowest BCUT2D eigenvalue weighted by Gasteiger charge is -2.10. The van der Waals surface area contributed by atoms with Crippen LogP contribution >= 0.6 is 39.1 Å². The molecule has 5 nitrogen and oxygen atoms in total. The van der Waals surface area contributed by atoms with Crippen LogP contribution in [0.5, 0.6) is 0 Å². The predicted octanol–water partition coefficient (Wildman–Crippen LogP) is 3.81. The van der Waals surface area contributed by atoms with E-state index >= 15 is 0 Å². The summed E-state index contributed by atoms with van der Waals surface area (Å²) in [5.41, 5.74) is 6.77. The van der Waals surface area contributed by atoms with E-state index in [1.807, 2.05) is 6.92 Å². The van der Waals surface area contributed by atoms with E-state index in [1.54, 1.807) is 12.1 Å². The molecule has 1 heterocycles. The minimum atomic E-state index is -0.387. The summed E-state index contributed by atoms with van der Waals surface area (Å²) in [4.78, 5) is 12.3. The summed E-state index contributed by atoms with van der Waals surface area (Å²) in [7, 11) is 0. The molecule has 0 spiro atoms. The van der Waals surface area contributed by atoms with Gasteiger partial charge >= 0.3 is 0 Å². The van der Waals surface area contributed by atoms with Crippen LogP contribution in [-0.4, -0.2) is 15.7 Å². The van der Waals surface area contributed by atoms with Crippen molar-refractivity contribution in [1.29, 1.82) is 0 Å². The molecule has 1 aromatic carbocycles. The molecule has 0 aliphatic carbocycles. The van der Waals surface area contributed by atoms with Gasteiger partial charge in [-0.2, -0.15) is 5.10 Å². The first kappa shape index (κ1) is 15.2. The average Bonchev–Trinajstić information content (AvgIpc) is 2.80. The molecule has 0 aliphatic heterocycles. The lowest BCUT2D eigenvalue weighted by molar-refractivity contribution is 0.101. The highest BCUT2D eigenvalue weighted by molar-refractivity contribution is 9.10. The third-order valence-corrected chi connectivity index (χ3v) is 4.44. The Morgan fingerprint density at radius 3 is 2.80 bits per heavy atom. The standard InChI is InChI=1S/C12H11BrCl2N4O/c1-2-19-11(7(16)5-17-19)12(20)18-8-4-3-6(13)9(14)10(8)15/h3-5H,2,16H2,1H3,(H,18,20). The molecule has 1 amide bonds. The van der Waals surface area contributed by atoms with Gasteiger partial charge in [-0.1, -0.05) is 23.2 Å². The number of halogens is 3. The number of amides is 1. The van der Waals surface area contributed by atoms with Crippen molar-refractivity contribution in [3.05, 3.63) is 38.5 Å². The van der Waals surface area contributed by atoms with Gasteiger partial charge in [-0.05, 0) is 35.0 Å².